The van der Waals surface area contributed by atoms with Gasteiger partial charge in [0.1, 0.15) is 6.26 Å². The summed E-state index contributed by atoms with van der Waals surface area (Å²) in [5.74, 6) is 1.81. The molecule has 3 rings (SSSR count). The molecular weight excluding hydrogens is 370 g/mol. The van der Waals surface area contributed by atoms with Crippen molar-refractivity contribution in [2.45, 2.75) is 46.7 Å². The second-order valence-corrected chi connectivity index (χ2v) is 7.78. The second-order valence-electron chi connectivity index (χ2n) is 6.89. The molecule has 148 valence electrons. The maximum absolute atomic E-state index is 5.62. The first-order valence-corrected chi connectivity index (χ1v) is 10.4. The van der Waals surface area contributed by atoms with Crippen LogP contribution in [0.15, 0.2) is 45.3 Å². The molecule has 2 N–H and O–H groups in total. The van der Waals surface area contributed by atoms with Gasteiger partial charge in [0.05, 0.1) is 29.5 Å². The fraction of sp³-hybridized carbons (Fsp3) is 0.381. The molecule has 0 aliphatic rings. The van der Waals surface area contributed by atoms with Gasteiger partial charge < -0.3 is 15.1 Å². The summed E-state index contributed by atoms with van der Waals surface area (Å²) in [7, 11) is 0. The molecule has 0 bridgehead atoms. The highest BCUT2D eigenvalue weighted by Gasteiger charge is 2.08. The average Bonchev–Trinajstić information content (AvgIpc) is 3.34. The van der Waals surface area contributed by atoms with E-state index in [0.29, 0.717) is 24.9 Å². The molecular formula is C21H27N5OS. The Bertz CT molecular complexity index is 911. The number of aryl methyl sites for hydroxylation is 1. The van der Waals surface area contributed by atoms with Crippen molar-refractivity contribution in [1.29, 1.82) is 0 Å². The predicted molar refractivity (Wildman–Crippen MR) is 115 cm³/mol. The van der Waals surface area contributed by atoms with Crippen LogP contribution in [0.4, 0.5) is 0 Å². The van der Waals surface area contributed by atoms with E-state index < -0.39 is 0 Å². The lowest BCUT2D eigenvalue weighted by Gasteiger charge is -2.09. The lowest BCUT2D eigenvalue weighted by atomic mass is 10.1. The highest BCUT2D eigenvalue weighted by Crippen LogP contribution is 2.20. The Hall–Kier alpha value is -2.67. The van der Waals surface area contributed by atoms with E-state index in [2.05, 4.69) is 63.9 Å². The number of oxazole rings is 1. The van der Waals surface area contributed by atoms with Crippen molar-refractivity contribution in [3.05, 3.63) is 57.9 Å². The Morgan fingerprint density at radius 2 is 1.93 bits per heavy atom. The first-order chi connectivity index (χ1) is 13.5. The second kappa shape index (κ2) is 9.50. The van der Waals surface area contributed by atoms with Gasteiger partial charge in [0, 0.05) is 23.4 Å². The number of guanidine groups is 1. The number of nitrogens with zero attached hydrogens (tertiary/aromatic N) is 3. The molecule has 0 fully saturated rings. The van der Waals surface area contributed by atoms with E-state index in [-0.39, 0.29) is 0 Å². The van der Waals surface area contributed by atoms with Crippen molar-refractivity contribution in [3.8, 4) is 11.5 Å². The molecule has 0 atom stereocenters. The van der Waals surface area contributed by atoms with E-state index in [1.165, 1.54) is 5.56 Å². The highest BCUT2D eigenvalue weighted by atomic mass is 32.1. The van der Waals surface area contributed by atoms with Crippen molar-refractivity contribution < 1.29 is 4.42 Å². The van der Waals surface area contributed by atoms with Gasteiger partial charge in [0.25, 0.3) is 0 Å². The van der Waals surface area contributed by atoms with Crippen LogP contribution >= 0.6 is 11.3 Å². The molecule has 1 aromatic carbocycles. The molecule has 0 unspecified atom stereocenters. The summed E-state index contributed by atoms with van der Waals surface area (Å²) >= 11 is 1.69. The minimum atomic E-state index is 0.448. The Kier molecular flexibility index (Phi) is 6.81. The van der Waals surface area contributed by atoms with Crippen LogP contribution in [0.2, 0.25) is 0 Å². The van der Waals surface area contributed by atoms with Gasteiger partial charge in [-0.05, 0) is 26.0 Å². The monoisotopic (exact) mass is 397 g/mol. The summed E-state index contributed by atoms with van der Waals surface area (Å²) in [6, 6.07) is 8.14. The van der Waals surface area contributed by atoms with Crippen LogP contribution in [0.3, 0.4) is 0 Å². The van der Waals surface area contributed by atoms with Crippen molar-refractivity contribution in [2.75, 3.05) is 6.54 Å². The Morgan fingerprint density at radius 1 is 1.14 bits per heavy atom. The number of nitrogens with one attached hydrogen (secondary N) is 2. The molecule has 0 saturated carbocycles. The van der Waals surface area contributed by atoms with E-state index in [0.717, 1.165) is 34.5 Å². The molecule has 0 spiro atoms. The zero-order valence-electron chi connectivity index (χ0n) is 16.8. The molecule has 28 heavy (non-hydrogen) atoms. The number of rotatable bonds is 7. The fourth-order valence-corrected chi connectivity index (χ4v) is 3.38. The minimum absolute atomic E-state index is 0.448. The van der Waals surface area contributed by atoms with E-state index in [1.807, 2.05) is 19.1 Å². The van der Waals surface area contributed by atoms with Gasteiger partial charge in [0.2, 0.25) is 5.89 Å². The first-order valence-electron chi connectivity index (χ1n) is 9.53. The summed E-state index contributed by atoms with van der Waals surface area (Å²) in [6.45, 7) is 10.3. The van der Waals surface area contributed by atoms with Crippen LogP contribution in [0.1, 0.15) is 48.6 Å². The number of aliphatic imine (C=N–C) groups is 1. The summed E-state index contributed by atoms with van der Waals surface area (Å²) in [4.78, 5) is 13.8. The predicted octanol–water partition coefficient (Wildman–Crippen LogP) is 4.49. The number of aromatic nitrogens is 2. The van der Waals surface area contributed by atoms with Crippen LogP contribution in [-0.4, -0.2) is 22.5 Å². The van der Waals surface area contributed by atoms with Crippen LogP contribution in [0, 0.1) is 6.92 Å². The van der Waals surface area contributed by atoms with Gasteiger partial charge in [0.15, 0.2) is 5.96 Å². The zero-order chi connectivity index (χ0) is 19.9. The average molecular weight is 398 g/mol. The maximum Gasteiger partial charge on any atom is 0.226 e. The number of hydrogen-bond acceptors (Lipinski definition) is 5. The molecule has 2 aromatic heterocycles. The highest BCUT2D eigenvalue weighted by molar-refractivity contribution is 7.09. The van der Waals surface area contributed by atoms with E-state index in [4.69, 9.17) is 4.42 Å². The molecule has 7 heteroatoms. The molecule has 0 aliphatic carbocycles. The molecule has 0 saturated heterocycles. The number of benzene rings is 1. The van der Waals surface area contributed by atoms with Gasteiger partial charge in [-0.15, -0.1) is 11.3 Å². The summed E-state index contributed by atoms with van der Waals surface area (Å²) in [5.41, 5.74) is 4.01. The first kappa shape index (κ1) is 20.1. The topological polar surface area (TPSA) is 75.3 Å². The Morgan fingerprint density at radius 3 is 2.61 bits per heavy atom. The van der Waals surface area contributed by atoms with Crippen LogP contribution in [0.5, 0.6) is 0 Å². The lowest BCUT2D eigenvalue weighted by molar-refractivity contribution is 0.572. The number of thiazole rings is 1. The van der Waals surface area contributed by atoms with Gasteiger partial charge in [-0.3, -0.25) is 0 Å². The molecule has 0 amide bonds. The van der Waals surface area contributed by atoms with Gasteiger partial charge in [-0.1, -0.05) is 31.5 Å². The van der Waals surface area contributed by atoms with Crippen molar-refractivity contribution in [1.82, 2.24) is 20.6 Å². The Balaban J connectivity index is 1.60. The summed E-state index contributed by atoms with van der Waals surface area (Å²) in [6.07, 6.45) is 1.68. The Labute approximate surface area is 170 Å². The minimum Gasteiger partial charge on any atom is -0.444 e. The van der Waals surface area contributed by atoms with Crippen molar-refractivity contribution in [2.24, 2.45) is 4.99 Å². The smallest absolute Gasteiger partial charge is 0.226 e. The molecule has 0 radical (unpaired) electrons. The number of hydrogen-bond donors (Lipinski definition) is 2. The van der Waals surface area contributed by atoms with Gasteiger partial charge >= 0.3 is 0 Å². The largest absolute Gasteiger partial charge is 0.444 e. The molecule has 3 aromatic rings. The zero-order valence-corrected chi connectivity index (χ0v) is 17.6. The summed E-state index contributed by atoms with van der Waals surface area (Å²) < 4.78 is 5.62. The van der Waals surface area contributed by atoms with E-state index >= 15 is 0 Å². The van der Waals surface area contributed by atoms with Crippen LogP contribution in [-0.2, 0) is 13.1 Å². The van der Waals surface area contributed by atoms with Crippen LogP contribution < -0.4 is 10.6 Å². The fourth-order valence-electron chi connectivity index (χ4n) is 2.55. The van der Waals surface area contributed by atoms with Crippen molar-refractivity contribution in [3.63, 3.8) is 0 Å². The SMILES string of the molecule is CCNC(=NCc1csc(C(C)C)n1)NCc1coc(-c2ccc(C)cc2)n1. The molecule has 0 aliphatic heterocycles. The summed E-state index contributed by atoms with van der Waals surface area (Å²) in [5, 5.41) is 9.78. The third kappa shape index (κ3) is 5.42. The van der Waals surface area contributed by atoms with E-state index in [9.17, 15) is 0 Å². The van der Waals surface area contributed by atoms with Gasteiger partial charge in [-0.25, -0.2) is 15.0 Å². The third-order valence-electron chi connectivity index (χ3n) is 4.09. The normalized spacial score (nSPS) is 11.8. The van der Waals surface area contributed by atoms with Gasteiger partial charge in [-0.2, -0.15) is 0 Å². The third-order valence-corrected chi connectivity index (χ3v) is 5.29. The quantitative estimate of drug-likeness (QED) is 0.454. The van der Waals surface area contributed by atoms with Crippen molar-refractivity contribution >= 4 is 17.3 Å². The molecule has 6 nitrogen and oxygen atoms in total. The standard InChI is InChI=1S/C21H27N5OS/c1-5-22-21(24-11-18-13-28-20(26-18)14(2)3)23-10-17-12-27-19(25-17)16-8-6-15(4)7-9-16/h6-9,12-14H,5,10-11H2,1-4H3,(H2,22,23,24). The molecule has 2 heterocycles. The lowest BCUT2D eigenvalue weighted by Crippen LogP contribution is -2.36. The van der Waals surface area contributed by atoms with Crippen LogP contribution in [0.25, 0.3) is 11.5 Å². The van der Waals surface area contributed by atoms with E-state index in [1.54, 1.807) is 17.6 Å². The maximum atomic E-state index is 5.62.